The molecule has 0 aliphatic carbocycles. The molecular formula is C14H15FN2O3. The SMILES string of the molecule is CCCN(CC(=O)O)C(=O)c1cc2c(F)cccc2[nH]1. The van der Waals surface area contributed by atoms with E-state index in [9.17, 15) is 14.0 Å². The number of hydrogen-bond acceptors (Lipinski definition) is 2. The number of aliphatic carboxylic acids is 1. The normalized spacial score (nSPS) is 10.7. The van der Waals surface area contributed by atoms with Gasteiger partial charge in [-0.3, -0.25) is 9.59 Å². The summed E-state index contributed by atoms with van der Waals surface area (Å²) in [4.78, 5) is 27.1. The molecule has 0 radical (unpaired) electrons. The van der Waals surface area contributed by atoms with Gasteiger partial charge in [-0.2, -0.15) is 0 Å². The van der Waals surface area contributed by atoms with Crippen molar-refractivity contribution in [3.8, 4) is 0 Å². The van der Waals surface area contributed by atoms with Gasteiger partial charge in [0.05, 0.1) is 0 Å². The standard InChI is InChI=1S/C14H15FN2O3/c1-2-6-17(8-13(18)19)14(20)12-7-9-10(15)4-3-5-11(9)16-12/h3-5,7,16H,2,6,8H2,1H3,(H,18,19). The third kappa shape index (κ3) is 2.79. The number of aromatic nitrogens is 1. The molecule has 1 aromatic carbocycles. The number of halogens is 1. The van der Waals surface area contributed by atoms with Crippen LogP contribution in [0.5, 0.6) is 0 Å². The molecule has 0 saturated carbocycles. The minimum Gasteiger partial charge on any atom is -0.480 e. The number of hydrogen-bond donors (Lipinski definition) is 2. The lowest BCUT2D eigenvalue weighted by Gasteiger charge is -2.18. The van der Waals surface area contributed by atoms with E-state index >= 15 is 0 Å². The molecule has 0 unspecified atom stereocenters. The second-order valence-electron chi connectivity index (χ2n) is 4.50. The Morgan fingerprint density at radius 2 is 2.15 bits per heavy atom. The van der Waals surface area contributed by atoms with Gasteiger partial charge in [0.1, 0.15) is 18.1 Å². The topological polar surface area (TPSA) is 73.4 Å². The number of amides is 1. The Hall–Kier alpha value is -2.37. The van der Waals surface area contributed by atoms with Crippen molar-refractivity contribution in [2.24, 2.45) is 0 Å². The van der Waals surface area contributed by atoms with Gasteiger partial charge in [0.25, 0.3) is 5.91 Å². The number of benzene rings is 1. The number of carboxylic acid groups (broad SMARTS) is 1. The van der Waals surface area contributed by atoms with Gasteiger partial charge >= 0.3 is 5.97 Å². The van der Waals surface area contributed by atoms with E-state index in [0.29, 0.717) is 23.9 Å². The molecule has 0 spiro atoms. The summed E-state index contributed by atoms with van der Waals surface area (Å²) in [7, 11) is 0. The monoisotopic (exact) mass is 278 g/mol. The van der Waals surface area contributed by atoms with E-state index < -0.39 is 17.7 Å². The number of carbonyl (C=O) groups excluding carboxylic acids is 1. The molecule has 5 nitrogen and oxygen atoms in total. The van der Waals surface area contributed by atoms with Gasteiger partial charge in [0, 0.05) is 17.4 Å². The maximum Gasteiger partial charge on any atom is 0.323 e. The van der Waals surface area contributed by atoms with E-state index in [0.717, 1.165) is 0 Å². The lowest BCUT2D eigenvalue weighted by molar-refractivity contribution is -0.137. The van der Waals surface area contributed by atoms with Crippen LogP contribution in [0.1, 0.15) is 23.8 Å². The Bertz CT molecular complexity index is 651. The number of nitrogens with zero attached hydrogens (tertiary/aromatic N) is 1. The van der Waals surface area contributed by atoms with Crippen LogP contribution in [-0.2, 0) is 4.79 Å². The molecule has 1 amide bonds. The Labute approximate surface area is 115 Å². The summed E-state index contributed by atoms with van der Waals surface area (Å²) in [5, 5.41) is 9.15. The van der Waals surface area contributed by atoms with Crippen LogP contribution < -0.4 is 0 Å². The molecule has 1 aromatic heterocycles. The number of fused-ring (bicyclic) bond motifs is 1. The predicted molar refractivity (Wildman–Crippen MR) is 72.1 cm³/mol. The number of carboxylic acids is 1. The Kier molecular flexibility index (Phi) is 4.02. The quantitative estimate of drug-likeness (QED) is 0.881. The van der Waals surface area contributed by atoms with Gasteiger partial charge < -0.3 is 15.0 Å². The maximum atomic E-state index is 13.6. The summed E-state index contributed by atoms with van der Waals surface area (Å²) >= 11 is 0. The largest absolute Gasteiger partial charge is 0.480 e. The highest BCUT2D eigenvalue weighted by molar-refractivity contribution is 5.99. The zero-order chi connectivity index (χ0) is 14.7. The smallest absolute Gasteiger partial charge is 0.323 e. The Balaban J connectivity index is 2.33. The number of aromatic amines is 1. The van der Waals surface area contributed by atoms with E-state index in [1.54, 1.807) is 12.1 Å². The van der Waals surface area contributed by atoms with Gasteiger partial charge in [-0.15, -0.1) is 0 Å². The number of carbonyl (C=O) groups is 2. The fraction of sp³-hybridized carbons (Fsp3) is 0.286. The van der Waals surface area contributed by atoms with Gasteiger partial charge in [0.2, 0.25) is 0 Å². The van der Waals surface area contributed by atoms with Crippen LogP contribution in [0.3, 0.4) is 0 Å². The molecule has 106 valence electrons. The summed E-state index contributed by atoms with van der Waals surface area (Å²) in [6.07, 6.45) is 0.646. The van der Waals surface area contributed by atoms with E-state index in [1.807, 2.05) is 6.92 Å². The molecule has 0 saturated heterocycles. The van der Waals surface area contributed by atoms with Crippen molar-refractivity contribution in [3.05, 3.63) is 35.8 Å². The first-order valence-electron chi connectivity index (χ1n) is 6.31. The minimum atomic E-state index is -1.07. The lowest BCUT2D eigenvalue weighted by atomic mass is 10.2. The first-order chi connectivity index (χ1) is 9.52. The molecule has 6 heteroatoms. The fourth-order valence-electron chi connectivity index (χ4n) is 2.09. The summed E-state index contributed by atoms with van der Waals surface area (Å²) < 4.78 is 13.6. The predicted octanol–water partition coefficient (Wildman–Crippen LogP) is 2.24. The first kappa shape index (κ1) is 14.0. The van der Waals surface area contributed by atoms with Gasteiger partial charge in [-0.1, -0.05) is 13.0 Å². The molecule has 2 rings (SSSR count). The number of rotatable bonds is 5. The highest BCUT2D eigenvalue weighted by Crippen LogP contribution is 2.19. The molecule has 0 atom stereocenters. The van der Waals surface area contributed by atoms with Crippen molar-refractivity contribution in [1.29, 1.82) is 0 Å². The average molecular weight is 278 g/mol. The van der Waals surface area contributed by atoms with Crippen molar-refractivity contribution in [1.82, 2.24) is 9.88 Å². The van der Waals surface area contributed by atoms with E-state index in [-0.39, 0.29) is 12.2 Å². The average Bonchev–Trinajstić information content (AvgIpc) is 2.82. The van der Waals surface area contributed by atoms with Crippen molar-refractivity contribution in [2.45, 2.75) is 13.3 Å². The number of nitrogens with one attached hydrogen (secondary N) is 1. The van der Waals surface area contributed by atoms with Crippen LogP contribution in [-0.4, -0.2) is 40.0 Å². The molecule has 1 heterocycles. The molecule has 0 aliphatic heterocycles. The Morgan fingerprint density at radius 1 is 1.40 bits per heavy atom. The molecule has 0 fully saturated rings. The molecule has 2 N–H and O–H groups in total. The van der Waals surface area contributed by atoms with Gasteiger partial charge in [-0.25, -0.2) is 4.39 Å². The van der Waals surface area contributed by atoms with Gasteiger partial charge in [0.15, 0.2) is 0 Å². The van der Waals surface area contributed by atoms with Crippen molar-refractivity contribution < 1.29 is 19.1 Å². The summed E-state index contributed by atoms with van der Waals surface area (Å²) in [6, 6.07) is 5.93. The minimum absolute atomic E-state index is 0.194. The Morgan fingerprint density at radius 3 is 2.75 bits per heavy atom. The van der Waals surface area contributed by atoms with Crippen LogP contribution in [0.25, 0.3) is 10.9 Å². The van der Waals surface area contributed by atoms with Crippen LogP contribution in [0.2, 0.25) is 0 Å². The highest BCUT2D eigenvalue weighted by Gasteiger charge is 2.20. The summed E-state index contributed by atoms with van der Waals surface area (Å²) in [6.45, 7) is 1.82. The second-order valence-corrected chi connectivity index (χ2v) is 4.50. The third-order valence-electron chi connectivity index (χ3n) is 2.95. The number of H-pyrrole nitrogens is 1. The molecule has 2 aromatic rings. The van der Waals surface area contributed by atoms with Crippen LogP contribution in [0.4, 0.5) is 4.39 Å². The van der Waals surface area contributed by atoms with Crippen LogP contribution in [0.15, 0.2) is 24.3 Å². The molecule has 20 heavy (non-hydrogen) atoms. The van der Waals surface area contributed by atoms with Crippen molar-refractivity contribution in [2.75, 3.05) is 13.1 Å². The van der Waals surface area contributed by atoms with Gasteiger partial charge in [-0.05, 0) is 24.6 Å². The van der Waals surface area contributed by atoms with Crippen LogP contribution in [0, 0.1) is 5.82 Å². The molecular weight excluding hydrogens is 263 g/mol. The third-order valence-corrected chi connectivity index (χ3v) is 2.95. The second kappa shape index (κ2) is 5.73. The first-order valence-corrected chi connectivity index (χ1v) is 6.31. The van der Waals surface area contributed by atoms with E-state index in [4.69, 9.17) is 5.11 Å². The molecule has 0 aliphatic rings. The lowest BCUT2D eigenvalue weighted by Crippen LogP contribution is -2.36. The van der Waals surface area contributed by atoms with Crippen molar-refractivity contribution >= 4 is 22.8 Å². The maximum absolute atomic E-state index is 13.6. The van der Waals surface area contributed by atoms with E-state index in [1.165, 1.54) is 17.0 Å². The zero-order valence-electron chi connectivity index (χ0n) is 11.0. The highest BCUT2D eigenvalue weighted by atomic mass is 19.1. The van der Waals surface area contributed by atoms with Crippen LogP contribution >= 0.6 is 0 Å². The van der Waals surface area contributed by atoms with E-state index in [2.05, 4.69) is 4.98 Å². The summed E-state index contributed by atoms with van der Waals surface area (Å²) in [5.74, 6) is -1.93. The zero-order valence-corrected chi connectivity index (χ0v) is 11.0. The molecule has 0 bridgehead atoms. The van der Waals surface area contributed by atoms with Crippen molar-refractivity contribution in [3.63, 3.8) is 0 Å². The summed E-state index contributed by atoms with van der Waals surface area (Å²) in [5.41, 5.74) is 0.708. The fourth-order valence-corrected chi connectivity index (χ4v) is 2.09.